The lowest BCUT2D eigenvalue weighted by Crippen LogP contribution is -2.28. The van der Waals surface area contributed by atoms with Gasteiger partial charge in [0.25, 0.3) is 5.56 Å². The summed E-state index contributed by atoms with van der Waals surface area (Å²) in [6.07, 6.45) is 4.86. The molecule has 0 saturated carbocycles. The first kappa shape index (κ1) is 16.7. The highest BCUT2D eigenvalue weighted by atomic mass is 16.1. The summed E-state index contributed by atoms with van der Waals surface area (Å²) >= 11 is 0. The molecule has 1 atom stereocenters. The molecule has 1 aromatic heterocycles. The van der Waals surface area contributed by atoms with E-state index in [2.05, 4.69) is 36.1 Å². The Hall–Kier alpha value is -1.36. The fourth-order valence-corrected chi connectivity index (χ4v) is 2.26. The zero-order valence-electron chi connectivity index (χ0n) is 13.2. The molecular formula is C15H28N4O. The summed E-state index contributed by atoms with van der Waals surface area (Å²) in [4.78, 5) is 14.1. The first-order valence-corrected chi connectivity index (χ1v) is 7.60. The molecule has 1 rings (SSSR count). The minimum absolute atomic E-state index is 0.0124. The van der Waals surface area contributed by atoms with Crippen molar-refractivity contribution < 1.29 is 0 Å². The van der Waals surface area contributed by atoms with Crippen molar-refractivity contribution in [2.45, 2.75) is 52.6 Å². The smallest absolute Gasteiger partial charge is 0.268 e. The molecule has 5 heteroatoms. The second-order valence-electron chi connectivity index (χ2n) is 5.30. The van der Waals surface area contributed by atoms with Crippen molar-refractivity contribution >= 4 is 5.69 Å². The van der Waals surface area contributed by atoms with Gasteiger partial charge in [0.15, 0.2) is 0 Å². The van der Waals surface area contributed by atoms with E-state index in [1.54, 1.807) is 16.9 Å². The van der Waals surface area contributed by atoms with E-state index in [0.29, 0.717) is 12.6 Å². The highest BCUT2D eigenvalue weighted by molar-refractivity contribution is 5.41. The number of aromatic nitrogens is 2. The summed E-state index contributed by atoms with van der Waals surface area (Å²) in [6.45, 7) is 9.00. The Labute approximate surface area is 122 Å². The fourth-order valence-electron chi connectivity index (χ4n) is 2.26. The minimum atomic E-state index is -0.0124. The summed E-state index contributed by atoms with van der Waals surface area (Å²) < 4.78 is 1.56. The van der Waals surface area contributed by atoms with Crippen LogP contribution in [-0.2, 0) is 6.54 Å². The lowest BCUT2D eigenvalue weighted by molar-refractivity contribution is 0.462. The maximum atomic E-state index is 12.0. The third-order valence-electron chi connectivity index (χ3n) is 3.41. The van der Waals surface area contributed by atoms with Gasteiger partial charge in [0.2, 0.25) is 0 Å². The van der Waals surface area contributed by atoms with Crippen molar-refractivity contribution in [3.8, 4) is 0 Å². The molecule has 0 aliphatic heterocycles. The molecule has 5 nitrogen and oxygen atoms in total. The van der Waals surface area contributed by atoms with Crippen LogP contribution in [0.3, 0.4) is 0 Å². The summed E-state index contributed by atoms with van der Waals surface area (Å²) in [5, 5.41) is 7.64. The molecule has 1 unspecified atom stereocenters. The molecule has 0 aliphatic rings. The first-order valence-electron chi connectivity index (χ1n) is 7.60. The molecule has 114 valence electrons. The maximum absolute atomic E-state index is 12.0. The van der Waals surface area contributed by atoms with Gasteiger partial charge in [-0.3, -0.25) is 4.79 Å². The number of nitrogens with one attached hydrogen (secondary N) is 1. The minimum Gasteiger partial charge on any atom is -0.373 e. The monoisotopic (exact) mass is 280 g/mol. The maximum Gasteiger partial charge on any atom is 0.268 e. The molecule has 0 radical (unpaired) electrons. The van der Waals surface area contributed by atoms with E-state index in [1.165, 1.54) is 0 Å². The van der Waals surface area contributed by atoms with Gasteiger partial charge in [0, 0.05) is 32.2 Å². The second kappa shape index (κ2) is 8.74. The second-order valence-corrected chi connectivity index (χ2v) is 5.30. The Bertz CT molecular complexity index is 444. The Morgan fingerprint density at radius 1 is 1.45 bits per heavy atom. The van der Waals surface area contributed by atoms with Gasteiger partial charge >= 0.3 is 0 Å². The van der Waals surface area contributed by atoms with Crippen LogP contribution in [0.2, 0.25) is 0 Å². The topological polar surface area (TPSA) is 50.2 Å². The van der Waals surface area contributed by atoms with E-state index in [0.717, 1.165) is 38.0 Å². The number of hydrogen-bond acceptors (Lipinski definition) is 4. The van der Waals surface area contributed by atoms with E-state index in [1.807, 2.05) is 7.05 Å². The molecule has 0 aromatic carbocycles. The van der Waals surface area contributed by atoms with Crippen LogP contribution in [-0.4, -0.2) is 36.0 Å². The average molecular weight is 280 g/mol. The van der Waals surface area contributed by atoms with Crippen LogP contribution in [0.15, 0.2) is 17.1 Å². The van der Waals surface area contributed by atoms with Crippen molar-refractivity contribution in [3.63, 3.8) is 0 Å². The SMILES string of the molecule is CCCN(C)c1cnn(CCCC(C)NCC)c(=O)c1. The highest BCUT2D eigenvalue weighted by Crippen LogP contribution is 2.07. The Kier molecular flexibility index (Phi) is 7.30. The van der Waals surface area contributed by atoms with Crippen LogP contribution < -0.4 is 15.8 Å². The third kappa shape index (κ3) is 5.33. The first-order chi connectivity index (χ1) is 9.58. The summed E-state index contributed by atoms with van der Waals surface area (Å²) in [5.74, 6) is 0. The molecule has 20 heavy (non-hydrogen) atoms. The zero-order valence-corrected chi connectivity index (χ0v) is 13.2. The normalized spacial score (nSPS) is 12.4. The molecule has 0 bridgehead atoms. The molecule has 0 fully saturated rings. The Balaban J connectivity index is 2.54. The predicted octanol–water partition coefficient (Wildman–Crippen LogP) is 1.87. The average Bonchev–Trinajstić information content (AvgIpc) is 2.41. The van der Waals surface area contributed by atoms with Gasteiger partial charge in [-0.2, -0.15) is 5.10 Å². The van der Waals surface area contributed by atoms with E-state index in [4.69, 9.17) is 0 Å². The largest absolute Gasteiger partial charge is 0.373 e. The quantitative estimate of drug-likeness (QED) is 0.750. The summed E-state index contributed by atoms with van der Waals surface area (Å²) in [7, 11) is 1.99. The van der Waals surface area contributed by atoms with Crippen LogP contribution in [0.1, 0.15) is 40.0 Å². The van der Waals surface area contributed by atoms with Gasteiger partial charge in [-0.05, 0) is 32.7 Å². The number of rotatable bonds is 9. The molecule has 0 saturated heterocycles. The third-order valence-corrected chi connectivity index (χ3v) is 3.41. The number of nitrogens with zero attached hydrogens (tertiary/aromatic N) is 3. The van der Waals surface area contributed by atoms with Crippen LogP contribution in [0, 0.1) is 0 Å². The van der Waals surface area contributed by atoms with Crippen molar-refractivity contribution in [2.75, 3.05) is 25.0 Å². The van der Waals surface area contributed by atoms with Gasteiger partial charge in [0.1, 0.15) is 0 Å². The van der Waals surface area contributed by atoms with Crippen LogP contribution >= 0.6 is 0 Å². The summed E-state index contributed by atoms with van der Waals surface area (Å²) in [5.41, 5.74) is 0.885. The van der Waals surface area contributed by atoms with Crippen LogP contribution in [0.5, 0.6) is 0 Å². The molecule has 0 amide bonds. The zero-order chi connectivity index (χ0) is 15.0. The standard InChI is InChI=1S/C15H28N4O/c1-5-9-18(4)14-11-15(20)19(17-12-14)10-7-8-13(3)16-6-2/h11-13,16H,5-10H2,1-4H3. The molecule has 1 heterocycles. The van der Waals surface area contributed by atoms with Gasteiger partial charge in [-0.15, -0.1) is 0 Å². The van der Waals surface area contributed by atoms with E-state index < -0.39 is 0 Å². The van der Waals surface area contributed by atoms with Gasteiger partial charge < -0.3 is 10.2 Å². The number of anilines is 1. The van der Waals surface area contributed by atoms with Crippen molar-refractivity contribution in [2.24, 2.45) is 0 Å². The van der Waals surface area contributed by atoms with Crippen molar-refractivity contribution in [1.82, 2.24) is 15.1 Å². The van der Waals surface area contributed by atoms with Gasteiger partial charge in [-0.25, -0.2) is 4.68 Å². The number of hydrogen-bond donors (Lipinski definition) is 1. The van der Waals surface area contributed by atoms with Gasteiger partial charge in [0.05, 0.1) is 11.9 Å². The molecule has 1 aromatic rings. The molecular weight excluding hydrogens is 252 g/mol. The lowest BCUT2D eigenvalue weighted by atomic mass is 10.2. The molecule has 0 spiro atoms. The molecule has 1 N–H and O–H groups in total. The number of aryl methyl sites for hydroxylation is 1. The van der Waals surface area contributed by atoms with Crippen LogP contribution in [0.25, 0.3) is 0 Å². The van der Waals surface area contributed by atoms with Gasteiger partial charge in [-0.1, -0.05) is 13.8 Å². The summed E-state index contributed by atoms with van der Waals surface area (Å²) in [6, 6.07) is 2.17. The van der Waals surface area contributed by atoms with E-state index >= 15 is 0 Å². The van der Waals surface area contributed by atoms with Crippen LogP contribution in [0.4, 0.5) is 5.69 Å². The Morgan fingerprint density at radius 2 is 2.20 bits per heavy atom. The fraction of sp³-hybridized carbons (Fsp3) is 0.733. The van der Waals surface area contributed by atoms with E-state index in [9.17, 15) is 4.79 Å². The van der Waals surface area contributed by atoms with Crippen molar-refractivity contribution in [1.29, 1.82) is 0 Å². The highest BCUT2D eigenvalue weighted by Gasteiger charge is 2.05. The Morgan fingerprint density at radius 3 is 2.80 bits per heavy atom. The van der Waals surface area contributed by atoms with E-state index in [-0.39, 0.29) is 5.56 Å². The molecule has 0 aliphatic carbocycles. The predicted molar refractivity (Wildman–Crippen MR) is 84.4 cm³/mol. The van der Waals surface area contributed by atoms with Crippen molar-refractivity contribution in [3.05, 3.63) is 22.6 Å². The lowest BCUT2D eigenvalue weighted by Gasteiger charge is -2.18.